The van der Waals surface area contributed by atoms with Crippen LogP contribution >= 0.6 is 0 Å². The highest BCUT2D eigenvalue weighted by molar-refractivity contribution is 5.81. The molecule has 0 heterocycles. The summed E-state index contributed by atoms with van der Waals surface area (Å²) in [5, 5.41) is 0. The van der Waals surface area contributed by atoms with Crippen molar-refractivity contribution in [1.82, 2.24) is 0 Å². The number of carbonyl (C=O) groups excluding carboxylic acids is 2. The summed E-state index contributed by atoms with van der Waals surface area (Å²) in [6.45, 7) is 8.29. The topological polar surface area (TPSA) is 71.1 Å². The van der Waals surface area contributed by atoms with Crippen molar-refractivity contribution in [3.63, 3.8) is 0 Å². The van der Waals surface area contributed by atoms with Gasteiger partial charge in [-0.2, -0.15) is 17.6 Å². The molecular formula is C16H14F4O6. The molecule has 0 spiro atoms. The van der Waals surface area contributed by atoms with E-state index in [2.05, 4.69) is 32.1 Å². The third-order valence-electron chi connectivity index (χ3n) is 2.65. The van der Waals surface area contributed by atoms with E-state index in [4.69, 9.17) is 0 Å². The largest absolute Gasteiger partial charge is 0.449 e. The number of halogens is 4. The fourth-order valence-electron chi connectivity index (χ4n) is 1.60. The number of benzene rings is 1. The maximum atomic E-state index is 14.0. The molecule has 0 radical (unpaired) electrons. The predicted molar refractivity (Wildman–Crippen MR) is 79.0 cm³/mol. The summed E-state index contributed by atoms with van der Waals surface area (Å²) in [6.07, 6.45) is -1.67. The van der Waals surface area contributed by atoms with Gasteiger partial charge < -0.3 is 18.9 Å². The van der Waals surface area contributed by atoms with Crippen molar-refractivity contribution in [3.8, 4) is 11.5 Å². The molecular weight excluding hydrogens is 364 g/mol. The molecule has 0 aliphatic carbocycles. The standard InChI is InChI=1S/C16H14F4O6/c1-5-9(21)23-7(3)25-15-11(17)13(19)16(14(20)12(15)18)26-8(4)24-10(22)6-2/h5-8H,1-2H2,3-4H3. The van der Waals surface area contributed by atoms with Gasteiger partial charge >= 0.3 is 11.9 Å². The quantitative estimate of drug-likeness (QED) is 0.228. The second kappa shape index (κ2) is 8.88. The van der Waals surface area contributed by atoms with E-state index >= 15 is 0 Å². The van der Waals surface area contributed by atoms with Crippen molar-refractivity contribution in [2.45, 2.75) is 26.4 Å². The van der Waals surface area contributed by atoms with Gasteiger partial charge in [0.05, 0.1) is 0 Å². The Kier molecular flexibility index (Phi) is 7.17. The lowest BCUT2D eigenvalue weighted by molar-refractivity contribution is -0.157. The first-order valence-electron chi connectivity index (χ1n) is 6.97. The first kappa shape index (κ1) is 21.0. The van der Waals surface area contributed by atoms with Crippen LogP contribution < -0.4 is 9.47 Å². The summed E-state index contributed by atoms with van der Waals surface area (Å²) in [7, 11) is 0. The molecule has 0 aliphatic rings. The average molecular weight is 378 g/mol. The Balaban J connectivity index is 3.12. The highest BCUT2D eigenvalue weighted by Crippen LogP contribution is 2.35. The van der Waals surface area contributed by atoms with Crippen LogP contribution in [0.5, 0.6) is 11.5 Å². The van der Waals surface area contributed by atoms with Crippen molar-refractivity contribution < 1.29 is 46.1 Å². The van der Waals surface area contributed by atoms with Crippen molar-refractivity contribution in [3.05, 3.63) is 48.6 Å². The molecule has 0 fully saturated rings. The van der Waals surface area contributed by atoms with E-state index in [1.807, 2.05) is 0 Å². The van der Waals surface area contributed by atoms with E-state index in [9.17, 15) is 27.2 Å². The summed E-state index contributed by atoms with van der Waals surface area (Å²) in [5.41, 5.74) is 0. The minimum absolute atomic E-state index is 0.747. The van der Waals surface area contributed by atoms with Gasteiger partial charge in [0.2, 0.25) is 47.3 Å². The van der Waals surface area contributed by atoms with Gasteiger partial charge in [-0.05, 0) is 0 Å². The van der Waals surface area contributed by atoms with Crippen molar-refractivity contribution in [2.24, 2.45) is 0 Å². The Morgan fingerprint density at radius 1 is 0.769 bits per heavy atom. The number of ether oxygens (including phenoxy) is 4. The third-order valence-corrected chi connectivity index (χ3v) is 2.65. The summed E-state index contributed by atoms with van der Waals surface area (Å²) >= 11 is 0. The minimum atomic E-state index is -1.94. The van der Waals surface area contributed by atoms with Crippen LogP contribution in [-0.2, 0) is 19.1 Å². The Morgan fingerprint density at radius 3 is 1.27 bits per heavy atom. The Labute approximate surface area is 145 Å². The Morgan fingerprint density at radius 2 is 1.04 bits per heavy atom. The van der Waals surface area contributed by atoms with Gasteiger partial charge in [0.25, 0.3) is 0 Å². The summed E-state index contributed by atoms with van der Waals surface area (Å²) in [4.78, 5) is 22.0. The van der Waals surface area contributed by atoms with Gasteiger partial charge in [-0.25, -0.2) is 9.59 Å². The zero-order valence-electron chi connectivity index (χ0n) is 13.7. The summed E-state index contributed by atoms with van der Waals surface area (Å²) in [6, 6.07) is 0. The van der Waals surface area contributed by atoms with Gasteiger partial charge in [0, 0.05) is 26.0 Å². The third kappa shape index (κ3) is 4.98. The lowest BCUT2D eigenvalue weighted by Gasteiger charge is -2.19. The van der Waals surface area contributed by atoms with Crippen LogP contribution in [0.25, 0.3) is 0 Å². The predicted octanol–water partition coefficient (Wildman–Crippen LogP) is 3.15. The van der Waals surface area contributed by atoms with Crippen molar-refractivity contribution in [2.75, 3.05) is 0 Å². The van der Waals surface area contributed by atoms with Crippen molar-refractivity contribution in [1.29, 1.82) is 0 Å². The van der Waals surface area contributed by atoms with E-state index in [1.165, 1.54) is 0 Å². The van der Waals surface area contributed by atoms with Crippen LogP contribution in [0.3, 0.4) is 0 Å². The van der Waals surface area contributed by atoms with Gasteiger partial charge in [0.1, 0.15) is 0 Å². The molecule has 0 saturated heterocycles. The fourth-order valence-corrected chi connectivity index (χ4v) is 1.60. The van der Waals surface area contributed by atoms with Crippen LogP contribution in [0, 0.1) is 23.3 Å². The van der Waals surface area contributed by atoms with E-state index in [1.54, 1.807) is 0 Å². The van der Waals surface area contributed by atoms with Gasteiger partial charge in [-0.15, -0.1) is 0 Å². The van der Waals surface area contributed by atoms with Crippen LogP contribution in [0.15, 0.2) is 25.3 Å². The van der Waals surface area contributed by atoms with Crippen LogP contribution in [0.1, 0.15) is 13.8 Å². The maximum Gasteiger partial charge on any atom is 0.333 e. The lowest BCUT2D eigenvalue weighted by atomic mass is 10.2. The first-order valence-corrected chi connectivity index (χ1v) is 6.97. The number of hydrogen-bond acceptors (Lipinski definition) is 6. The molecule has 0 saturated carbocycles. The van der Waals surface area contributed by atoms with E-state index in [-0.39, 0.29) is 0 Å². The molecule has 2 atom stereocenters. The lowest BCUT2D eigenvalue weighted by Crippen LogP contribution is -2.23. The zero-order chi connectivity index (χ0) is 20.0. The monoisotopic (exact) mass is 378 g/mol. The molecule has 2 unspecified atom stereocenters. The van der Waals surface area contributed by atoms with E-state index < -0.39 is 59.3 Å². The second-order valence-corrected chi connectivity index (χ2v) is 4.57. The second-order valence-electron chi connectivity index (χ2n) is 4.57. The normalized spacial score (nSPS) is 12.5. The van der Waals surface area contributed by atoms with Gasteiger partial charge in [0.15, 0.2) is 0 Å². The molecule has 10 heteroatoms. The molecule has 0 aliphatic heterocycles. The minimum Gasteiger partial charge on any atom is -0.449 e. The molecule has 0 N–H and O–H groups in total. The Hall–Kier alpha value is -3.04. The van der Waals surface area contributed by atoms with E-state index in [0.717, 1.165) is 26.0 Å². The fraction of sp³-hybridized carbons (Fsp3) is 0.250. The maximum absolute atomic E-state index is 14.0. The number of hydrogen-bond donors (Lipinski definition) is 0. The van der Waals surface area contributed by atoms with E-state index in [0.29, 0.717) is 0 Å². The van der Waals surface area contributed by atoms with Crippen molar-refractivity contribution >= 4 is 11.9 Å². The molecule has 26 heavy (non-hydrogen) atoms. The number of rotatable bonds is 8. The van der Waals surface area contributed by atoms with Crippen LogP contribution in [0.2, 0.25) is 0 Å². The molecule has 1 aromatic carbocycles. The smallest absolute Gasteiger partial charge is 0.333 e. The molecule has 1 aromatic rings. The molecule has 0 amide bonds. The molecule has 1 rings (SSSR count). The first-order chi connectivity index (χ1) is 12.1. The number of esters is 2. The summed E-state index contributed by atoms with van der Waals surface area (Å²) < 4.78 is 74.1. The molecule has 0 aromatic heterocycles. The zero-order valence-corrected chi connectivity index (χ0v) is 13.7. The van der Waals surface area contributed by atoms with Crippen LogP contribution in [-0.4, -0.2) is 24.5 Å². The highest BCUT2D eigenvalue weighted by Gasteiger charge is 2.30. The van der Waals surface area contributed by atoms with Crippen LogP contribution in [0.4, 0.5) is 17.6 Å². The molecule has 6 nitrogen and oxygen atoms in total. The highest BCUT2D eigenvalue weighted by atomic mass is 19.2. The Bertz CT molecular complexity index is 644. The summed E-state index contributed by atoms with van der Waals surface area (Å²) in [5.74, 6) is -12.7. The molecule has 0 bridgehead atoms. The average Bonchev–Trinajstić information content (AvgIpc) is 2.60. The SMILES string of the molecule is C=CC(=O)OC(C)Oc1c(F)c(F)c(OC(C)OC(=O)C=C)c(F)c1F. The molecule has 142 valence electrons. The van der Waals surface area contributed by atoms with Gasteiger partial charge in [-0.3, -0.25) is 0 Å². The van der Waals surface area contributed by atoms with Gasteiger partial charge in [-0.1, -0.05) is 13.2 Å². The number of carbonyl (C=O) groups is 2.